The predicted octanol–water partition coefficient (Wildman–Crippen LogP) is 3.38. The number of Topliss-reactive ketones (excluding diaryl/α,β-unsaturated/α-hetero) is 1. The van der Waals surface area contributed by atoms with Gasteiger partial charge in [-0.25, -0.2) is 4.98 Å². The van der Waals surface area contributed by atoms with Crippen LogP contribution in [0, 0.1) is 0 Å². The summed E-state index contributed by atoms with van der Waals surface area (Å²) in [5, 5.41) is 6.84. The SMILES string of the molecule is CC(=O)c1csc(NC(=O)[C@H]2SCCc3sccc32)n1. The summed E-state index contributed by atoms with van der Waals surface area (Å²) < 4.78 is 0. The van der Waals surface area contributed by atoms with Crippen molar-refractivity contribution in [2.24, 2.45) is 0 Å². The molecule has 0 aliphatic carbocycles. The molecule has 3 rings (SSSR count). The first-order valence-corrected chi connectivity index (χ1v) is 8.91. The lowest BCUT2D eigenvalue weighted by Gasteiger charge is -2.20. The summed E-state index contributed by atoms with van der Waals surface area (Å²) in [6.07, 6.45) is 1.03. The number of anilines is 1. The largest absolute Gasteiger partial charge is 0.301 e. The number of thiazole rings is 1. The number of aromatic nitrogens is 1. The first-order valence-electron chi connectivity index (χ1n) is 6.10. The van der Waals surface area contributed by atoms with Crippen LogP contribution < -0.4 is 5.32 Å². The highest BCUT2D eigenvalue weighted by Crippen LogP contribution is 2.40. The Kier molecular flexibility index (Phi) is 3.91. The topological polar surface area (TPSA) is 59.1 Å². The van der Waals surface area contributed by atoms with Crippen LogP contribution in [0.4, 0.5) is 5.13 Å². The highest BCUT2D eigenvalue weighted by atomic mass is 32.2. The van der Waals surface area contributed by atoms with Gasteiger partial charge in [-0.2, -0.15) is 0 Å². The van der Waals surface area contributed by atoms with Crippen LogP contribution in [0.1, 0.15) is 33.1 Å². The molecule has 3 heterocycles. The third-order valence-corrected chi connectivity index (χ3v) is 6.00. The second kappa shape index (κ2) is 5.67. The van der Waals surface area contributed by atoms with Gasteiger partial charge in [0.2, 0.25) is 5.91 Å². The molecule has 1 amide bonds. The Balaban J connectivity index is 1.75. The van der Waals surface area contributed by atoms with Gasteiger partial charge >= 0.3 is 0 Å². The first kappa shape index (κ1) is 13.8. The van der Waals surface area contributed by atoms with E-state index in [0.29, 0.717) is 10.8 Å². The van der Waals surface area contributed by atoms with Gasteiger partial charge < -0.3 is 5.32 Å². The van der Waals surface area contributed by atoms with Crippen molar-refractivity contribution in [3.63, 3.8) is 0 Å². The maximum atomic E-state index is 12.4. The zero-order valence-electron chi connectivity index (χ0n) is 10.7. The summed E-state index contributed by atoms with van der Waals surface area (Å²) in [7, 11) is 0. The molecule has 2 aromatic rings. The molecule has 1 aliphatic rings. The van der Waals surface area contributed by atoms with Gasteiger partial charge in [0.05, 0.1) is 0 Å². The minimum Gasteiger partial charge on any atom is -0.301 e. The van der Waals surface area contributed by atoms with Crippen molar-refractivity contribution < 1.29 is 9.59 Å². The smallest absolute Gasteiger partial charge is 0.243 e. The zero-order valence-corrected chi connectivity index (χ0v) is 13.2. The summed E-state index contributed by atoms with van der Waals surface area (Å²) in [6, 6.07) is 2.03. The summed E-state index contributed by atoms with van der Waals surface area (Å²) in [5.41, 5.74) is 1.52. The molecule has 4 nitrogen and oxygen atoms in total. The number of ketones is 1. The number of carbonyl (C=O) groups is 2. The molecule has 0 spiro atoms. The Bertz CT molecular complexity index is 662. The lowest BCUT2D eigenvalue weighted by Crippen LogP contribution is -2.22. The highest BCUT2D eigenvalue weighted by Gasteiger charge is 2.28. The van der Waals surface area contributed by atoms with E-state index >= 15 is 0 Å². The van der Waals surface area contributed by atoms with Gasteiger partial charge in [-0.3, -0.25) is 9.59 Å². The quantitative estimate of drug-likeness (QED) is 0.879. The van der Waals surface area contributed by atoms with E-state index in [1.165, 1.54) is 23.1 Å². The van der Waals surface area contributed by atoms with Gasteiger partial charge in [-0.15, -0.1) is 34.4 Å². The standard InChI is InChI=1S/C13H12N2O2S3/c1-7(16)9-6-20-13(14-9)15-12(17)11-8-2-4-18-10(8)3-5-19-11/h2,4,6,11H,3,5H2,1H3,(H,14,15,17)/t11-/m0/s1. The molecule has 20 heavy (non-hydrogen) atoms. The summed E-state index contributed by atoms with van der Waals surface area (Å²) in [6.45, 7) is 1.47. The molecular formula is C13H12N2O2S3. The molecule has 1 atom stereocenters. The number of nitrogens with zero attached hydrogens (tertiary/aromatic N) is 1. The number of thioether (sulfide) groups is 1. The monoisotopic (exact) mass is 324 g/mol. The van der Waals surface area contributed by atoms with E-state index in [4.69, 9.17) is 0 Å². The molecule has 0 radical (unpaired) electrons. The average molecular weight is 324 g/mol. The van der Waals surface area contributed by atoms with Crippen molar-refractivity contribution in [2.75, 3.05) is 11.1 Å². The second-order valence-corrected chi connectivity index (χ2v) is 7.46. The number of aryl methyl sites for hydroxylation is 1. The average Bonchev–Trinajstić information content (AvgIpc) is 3.05. The van der Waals surface area contributed by atoms with Crippen LogP contribution in [0.15, 0.2) is 16.8 Å². The number of amides is 1. The fourth-order valence-corrected chi connectivity index (χ4v) is 5.07. The van der Waals surface area contributed by atoms with Crippen molar-refractivity contribution in [3.8, 4) is 0 Å². The van der Waals surface area contributed by atoms with Crippen LogP contribution in [-0.4, -0.2) is 22.4 Å². The maximum Gasteiger partial charge on any atom is 0.243 e. The van der Waals surface area contributed by atoms with Crippen LogP contribution in [0.2, 0.25) is 0 Å². The number of nitrogens with one attached hydrogen (secondary N) is 1. The van der Waals surface area contributed by atoms with E-state index in [9.17, 15) is 9.59 Å². The summed E-state index contributed by atoms with van der Waals surface area (Å²) >= 11 is 4.65. The Morgan fingerprint density at radius 3 is 3.00 bits per heavy atom. The van der Waals surface area contributed by atoms with Gasteiger partial charge in [-0.05, 0) is 29.2 Å². The molecule has 0 aromatic carbocycles. The third kappa shape index (κ3) is 2.65. The Morgan fingerprint density at radius 1 is 1.40 bits per heavy atom. The normalized spacial score (nSPS) is 17.6. The minimum atomic E-state index is -0.172. The Morgan fingerprint density at radius 2 is 2.25 bits per heavy atom. The van der Waals surface area contributed by atoms with Crippen LogP contribution in [-0.2, 0) is 11.2 Å². The Hall–Kier alpha value is -1.18. The molecule has 0 bridgehead atoms. The maximum absolute atomic E-state index is 12.4. The molecule has 0 saturated heterocycles. The molecular weight excluding hydrogens is 312 g/mol. The highest BCUT2D eigenvalue weighted by molar-refractivity contribution is 8.00. The van der Waals surface area contributed by atoms with Crippen molar-refractivity contribution in [3.05, 3.63) is 33.0 Å². The zero-order chi connectivity index (χ0) is 14.1. The van der Waals surface area contributed by atoms with Gasteiger partial charge in [0.15, 0.2) is 10.9 Å². The molecule has 1 aliphatic heterocycles. The third-order valence-electron chi connectivity index (χ3n) is 3.01. The number of hydrogen-bond acceptors (Lipinski definition) is 6. The van der Waals surface area contributed by atoms with Crippen LogP contribution in [0.5, 0.6) is 0 Å². The van der Waals surface area contributed by atoms with Gasteiger partial charge in [-0.1, -0.05) is 0 Å². The molecule has 104 valence electrons. The number of carbonyl (C=O) groups excluding carboxylic acids is 2. The number of thiophene rings is 1. The van der Waals surface area contributed by atoms with E-state index in [1.54, 1.807) is 28.5 Å². The summed E-state index contributed by atoms with van der Waals surface area (Å²) in [4.78, 5) is 29.0. The van der Waals surface area contributed by atoms with Gasteiger partial charge in [0.25, 0.3) is 0 Å². The molecule has 0 saturated carbocycles. The fourth-order valence-electron chi connectivity index (χ4n) is 2.03. The fraction of sp³-hybridized carbons (Fsp3) is 0.308. The van der Waals surface area contributed by atoms with E-state index in [0.717, 1.165) is 17.7 Å². The number of hydrogen-bond donors (Lipinski definition) is 1. The van der Waals surface area contributed by atoms with Crippen LogP contribution >= 0.6 is 34.4 Å². The van der Waals surface area contributed by atoms with Crippen LogP contribution in [0.3, 0.4) is 0 Å². The lowest BCUT2D eigenvalue weighted by molar-refractivity contribution is -0.115. The van der Waals surface area contributed by atoms with Gasteiger partial charge in [0, 0.05) is 17.2 Å². The lowest BCUT2D eigenvalue weighted by atomic mass is 10.1. The molecule has 0 fully saturated rings. The number of fused-ring (bicyclic) bond motifs is 1. The molecule has 2 aromatic heterocycles. The minimum absolute atomic E-state index is 0.0567. The van der Waals surface area contributed by atoms with Crippen molar-refractivity contribution in [1.29, 1.82) is 0 Å². The first-order chi connectivity index (χ1) is 9.65. The van der Waals surface area contributed by atoms with Crippen molar-refractivity contribution >= 4 is 51.3 Å². The second-order valence-electron chi connectivity index (χ2n) is 4.38. The van der Waals surface area contributed by atoms with E-state index in [-0.39, 0.29) is 16.9 Å². The van der Waals surface area contributed by atoms with Crippen molar-refractivity contribution in [1.82, 2.24) is 4.98 Å². The number of rotatable bonds is 3. The summed E-state index contributed by atoms with van der Waals surface area (Å²) in [5.74, 6) is 0.815. The van der Waals surface area contributed by atoms with E-state index in [2.05, 4.69) is 10.3 Å². The van der Waals surface area contributed by atoms with Gasteiger partial charge in [0.1, 0.15) is 10.9 Å². The molecule has 0 unspecified atom stereocenters. The predicted molar refractivity (Wildman–Crippen MR) is 84.0 cm³/mol. The van der Waals surface area contributed by atoms with E-state index < -0.39 is 0 Å². The van der Waals surface area contributed by atoms with Crippen LogP contribution in [0.25, 0.3) is 0 Å². The van der Waals surface area contributed by atoms with E-state index in [1.807, 2.05) is 11.4 Å². The molecule has 1 N–H and O–H groups in total. The molecule has 7 heteroatoms. The Labute approximate surface area is 128 Å². The van der Waals surface area contributed by atoms with Crippen molar-refractivity contribution in [2.45, 2.75) is 18.6 Å².